The number of aromatic nitrogens is 4. The second kappa shape index (κ2) is 6.36. The standard InChI is InChI=1S/C17H17N5O2S/c1-2-21(11-6-4-3-5-7-11)14(23)8-12-10-25-17-19-15-13(9-18-20-15)16(24)22(12)17/h3-7,9,12H,2,8,10H2,1H3,(H,18,20). The number of fused-ring (bicyclic) bond motifs is 2. The van der Waals surface area contributed by atoms with Gasteiger partial charge in [0, 0.05) is 24.4 Å². The van der Waals surface area contributed by atoms with Gasteiger partial charge in [0.05, 0.1) is 12.2 Å². The van der Waals surface area contributed by atoms with Crippen LogP contribution < -0.4 is 10.5 Å². The average molecular weight is 355 g/mol. The van der Waals surface area contributed by atoms with Crippen molar-refractivity contribution in [3.63, 3.8) is 0 Å². The van der Waals surface area contributed by atoms with Crippen molar-refractivity contribution in [3.8, 4) is 0 Å². The number of benzene rings is 1. The molecule has 4 rings (SSSR count). The number of aromatic amines is 1. The molecular weight excluding hydrogens is 338 g/mol. The first-order valence-electron chi connectivity index (χ1n) is 8.13. The van der Waals surface area contributed by atoms with E-state index in [2.05, 4.69) is 15.2 Å². The first-order valence-corrected chi connectivity index (χ1v) is 9.11. The summed E-state index contributed by atoms with van der Waals surface area (Å²) in [5.74, 6) is 0.673. The fourth-order valence-corrected chi connectivity index (χ4v) is 4.26. The summed E-state index contributed by atoms with van der Waals surface area (Å²) in [6, 6.07) is 9.40. The molecule has 1 unspecified atom stereocenters. The number of anilines is 1. The number of carbonyl (C=O) groups excluding carboxylic acids is 1. The molecule has 128 valence electrons. The van der Waals surface area contributed by atoms with E-state index in [1.54, 1.807) is 9.47 Å². The summed E-state index contributed by atoms with van der Waals surface area (Å²) in [4.78, 5) is 31.7. The van der Waals surface area contributed by atoms with Crippen LogP contribution in [-0.4, -0.2) is 38.0 Å². The van der Waals surface area contributed by atoms with Crippen molar-refractivity contribution in [2.75, 3.05) is 17.2 Å². The van der Waals surface area contributed by atoms with Gasteiger partial charge in [0.2, 0.25) is 5.91 Å². The Hall–Kier alpha value is -2.61. The molecule has 1 aromatic carbocycles. The van der Waals surface area contributed by atoms with Gasteiger partial charge < -0.3 is 4.90 Å². The van der Waals surface area contributed by atoms with Gasteiger partial charge in [0.15, 0.2) is 10.8 Å². The molecule has 1 atom stereocenters. The van der Waals surface area contributed by atoms with Crippen molar-refractivity contribution < 1.29 is 4.79 Å². The molecule has 7 nitrogen and oxygen atoms in total. The molecule has 0 saturated carbocycles. The number of nitrogens with zero attached hydrogens (tertiary/aromatic N) is 4. The van der Waals surface area contributed by atoms with Crippen LogP contribution in [0.1, 0.15) is 19.4 Å². The van der Waals surface area contributed by atoms with Gasteiger partial charge in [-0.2, -0.15) is 5.10 Å². The lowest BCUT2D eigenvalue weighted by molar-refractivity contribution is -0.119. The minimum Gasteiger partial charge on any atom is -0.313 e. The third-order valence-electron chi connectivity index (χ3n) is 4.35. The Balaban J connectivity index is 1.63. The molecule has 0 spiro atoms. The van der Waals surface area contributed by atoms with Crippen LogP contribution in [-0.2, 0) is 4.79 Å². The quantitative estimate of drug-likeness (QED) is 0.726. The van der Waals surface area contributed by atoms with E-state index in [1.165, 1.54) is 18.0 Å². The van der Waals surface area contributed by atoms with Crippen molar-refractivity contribution in [1.29, 1.82) is 0 Å². The van der Waals surface area contributed by atoms with Crippen LogP contribution in [0.5, 0.6) is 0 Å². The Kier molecular flexibility index (Phi) is 4.04. The monoisotopic (exact) mass is 355 g/mol. The highest BCUT2D eigenvalue weighted by Gasteiger charge is 2.30. The maximum Gasteiger partial charge on any atom is 0.265 e. The average Bonchev–Trinajstić information content (AvgIpc) is 3.24. The van der Waals surface area contributed by atoms with Gasteiger partial charge in [0.1, 0.15) is 5.39 Å². The molecule has 1 amide bonds. The second-order valence-electron chi connectivity index (χ2n) is 5.84. The van der Waals surface area contributed by atoms with Gasteiger partial charge in [-0.15, -0.1) is 0 Å². The van der Waals surface area contributed by atoms with Crippen molar-refractivity contribution in [1.82, 2.24) is 19.7 Å². The number of nitrogens with one attached hydrogen (secondary N) is 1. The number of para-hydroxylation sites is 1. The molecule has 3 heterocycles. The Morgan fingerprint density at radius 1 is 1.40 bits per heavy atom. The maximum absolute atomic E-state index is 12.8. The van der Waals surface area contributed by atoms with Gasteiger partial charge >= 0.3 is 0 Å². The van der Waals surface area contributed by atoms with Crippen LogP contribution in [0.3, 0.4) is 0 Å². The van der Waals surface area contributed by atoms with Crippen LogP contribution in [0.2, 0.25) is 0 Å². The molecule has 0 radical (unpaired) electrons. The number of H-pyrrole nitrogens is 1. The normalized spacial score (nSPS) is 16.1. The topological polar surface area (TPSA) is 83.9 Å². The number of rotatable bonds is 4. The second-order valence-corrected chi connectivity index (χ2v) is 6.83. The fraction of sp³-hybridized carbons (Fsp3) is 0.294. The number of hydrogen-bond donors (Lipinski definition) is 1. The Labute approximate surface area is 148 Å². The Bertz CT molecular complexity index is 982. The largest absolute Gasteiger partial charge is 0.313 e. The highest BCUT2D eigenvalue weighted by molar-refractivity contribution is 7.99. The van der Waals surface area contributed by atoms with Crippen molar-refractivity contribution in [2.45, 2.75) is 24.5 Å². The van der Waals surface area contributed by atoms with Crippen LogP contribution in [0.4, 0.5) is 5.69 Å². The van der Waals surface area contributed by atoms with E-state index < -0.39 is 0 Å². The zero-order valence-corrected chi connectivity index (χ0v) is 14.5. The van der Waals surface area contributed by atoms with Crippen LogP contribution in [0.15, 0.2) is 46.5 Å². The summed E-state index contributed by atoms with van der Waals surface area (Å²) in [6.07, 6.45) is 1.76. The van der Waals surface area contributed by atoms with E-state index >= 15 is 0 Å². The van der Waals surface area contributed by atoms with E-state index in [4.69, 9.17) is 0 Å². The molecule has 1 N–H and O–H groups in total. The smallest absolute Gasteiger partial charge is 0.265 e. The van der Waals surface area contributed by atoms with Crippen molar-refractivity contribution >= 4 is 34.4 Å². The molecular formula is C17H17N5O2S. The molecule has 3 aromatic rings. The minimum atomic E-state index is -0.190. The predicted octanol–water partition coefficient (Wildman–Crippen LogP) is 2.21. The van der Waals surface area contributed by atoms with Crippen LogP contribution in [0, 0.1) is 0 Å². The first-order chi connectivity index (χ1) is 12.2. The Morgan fingerprint density at radius 3 is 2.96 bits per heavy atom. The molecule has 1 aliphatic rings. The van der Waals surface area contributed by atoms with Crippen LogP contribution in [0.25, 0.3) is 11.0 Å². The molecule has 2 aromatic heterocycles. The number of hydrogen-bond acceptors (Lipinski definition) is 5. The minimum absolute atomic E-state index is 0.00587. The fourth-order valence-electron chi connectivity index (χ4n) is 3.13. The van der Waals surface area contributed by atoms with Crippen LogP contribution >= 0.6 is 11.8 Å². The third kappa shape index (κ3) is 2.72. The zero-order chi connectivity index (χ0) is 17.4. The van der Waals surface area contributed by atoms with Gasteiger partial charge in [-0.25, -0.2) is 4.98 Å². The summed E-state index contributed by atoms with van der Waals surface area (Å²) in [6.45, 7) is 2.54. The maximum atomic E-state index is 12.8. The molecule has 0 aliphatic carbocycles. The predicted molar refractivity (Wildman–Crippen MR) is 97.0 cm³/mol. The lowest BCUT2D eigenvalue weighted by atomic mass is 10.2. The number of thioether (sulfide) groups is 1. The highest BCUT2D eigenvalue weighted by atomic mass is 32.2. The number of carbonyl (C=O) groups is 1. The molecule has 0 fully saturated rings. The molecule has 0 saturated heterocycles. The van der Waals surface area contributed by atoms with E-state index in [0.717, 1.165) is 5.69 Å². The summed E-state index contributed by atoms with van der Waals surface area (Å²) >= 11 is 1.50. The number of amides is 1. The summed E-state index contributed by atoms with van der Waals surface area (Å²) in [7, 11) is 0. The van der Waals surface area contributed by atoms with Gasteiger partial charge in [-0.1, -0.05) is 30.0 Å². The summed E-state index contributed by atoms with van der Waals surface area (Å²) in [5.41, 5.74) is 1.23. The molecule has 8 heteroatoms. The summed E-state index contributed by atoms with van der Waals surface area (Å²) in [5, 5.41) is 7.71. The van der Waals surface area contributed by atoms with E-state index in [-0.39, 0.29) is 23.9 Å². The lowest BCUT2D eigenvalue weighted by Crippen LogP contribution is -2.34. The van der Waals surface area contributed by atoms with E-state index in [0.29, 0.717) is 28.5 Å². The lowest BCUT2D eigenvalue weighted by Gasteiger charge is -2.23. The van der Waals surface area contributed by atoms with E-state index in [1.807, 2.05) is 37.3 Å². The van der Waals surface area contributed by atoms with Gasteiger partial charge in [-0.05, 0) is 19.1 Å². The van der Waals surface area contributed by atoms with Gasteiger partial charge in [0.25, 0.3) is 5.56 Å². The van der Waals surface area contributed by atoms with E-state index in [9.17, 15) is 9.59 Å². The third-order valence-corrected chi connectivity index (χ3v) is 5.44. The SMILES string of the molecule is CCN(C(=O)CC1CSc2nc3[nH]ncc3c(=O)n21)c1ccccc1. The van der Waals surface area contributed by atoms with Crippen molar-refractivity contribution in [3.05, 3.63) is 46.9 Å². The van der Waals surface area contributed by atoms with Crippen molar-refractivity contribution in [2.24, 2.45) is 0 Å². The highest BCUT2D eigenvalue weighted by Crippen LogP contribution is 2.33. The molecule has 1 aliphatic heterocycles. The summed E-state index contributed by atoms with van der Waals surface area (Å²) < 4.78 is 1.64. The molecule has 25 heavy (non-hydrogen) atoms. The first kappa shape index (κ1) is 15.9. The molecule has 0 bridgehead atoms. The Morgan fingerprint density at radius 2 is 2.20 bits per heavy atom. The van der Waals surface area contributed by atoms with Gasteiger partial charge in [-0.3, -0.25) is 19.3 Å². The zero-order valence-electron chi connectivity index (χ0n) is 13.7.